The summed E-state index contributed by atoms with van der Waals surface area (Å²) in [5, 5.41) is 15.1. The fraction of sp³-hybridized carbons (Fsp3) is 1.00. The molecule has 60 valence electrons. The minimum atomic E-state index is -0.167. The summed E-state index contributed by atoms with van der Waals surface area (Å²) in [6.45, 7) is 3.44. The molecule has 0 aliphatic rings. The fourth-order valence-corrected chi connectivity index (χ4v) is 0. The maximum atomic E-state index is 8.06. The van der Waals surface area contributed by atoms with Crippen LogP contribution in [-0.2, 0) is 21.7 Å². The third-order valence-corrected chi connectivity index (χ3v) is 0. The van der Waals surface area contributed by atoms with E-state index in [4.69, 9.17) is 10.2 Å². The molecule has 6 N–H and O–H groups in total. The van der Waals surface area contributed by atoms with Gasteiger partial charge in [0.05, 0.1) is 0 Å². The Kier molecular flexibility index (Phi) is 145. The molecule has 0 heterocycles. The van der Waals surface area contributed by atoms with Gasteiger partial charge in [0, 0.05) is 34.9 Å². The quantitative estimate of drug-likeness (QED) is 0.431. The van der Waals surface area contributed by atoms with Crippen molar-refractivity contribution in [1.82, 2.24) is 0 Å². The van der Waals surface area contributed by atoms with Crippen LogP contribution in [0.2, 0.25) is 0 Å². The molecule has 0 aromatic carbocycles. The predicted octanol–water partition coefficient (Wildman–Crippen LogP) is -1.66. The predicted molar refractivity (Wildman–Crippen MR) is 32.7 cm³/mol. The van der Waals surface area contributed by atoms with Gasteiger partial charge in [-0.2, -0.15) is 0 Å². The van der Waals surface area contributed by atoms with Crippen LogP contribution in [0.25, 0.3) is 0 Å². The Labute approximate surface area is 70.4 Å². The average Bonchev–Trinajstić information content (AvgIpc) is 1.41. The second-order valence-corrected chi connectivity index (χ2v) is 1.09. The van der Waals surface area contributed by atoms with Crippen molar-refractivity contribution in [2.45, 2.75) is 20.0 Å². The maximum Gasteiger partial charge on any atom is 0.0483 e. The van der Waals surface area contributed by atoms with E-state index in [2.05, 4.69) is 0 Å². The van der Waals surface area contributed by atoms with Crippen molar-refractivity contribution in [1.29, 1.82) is 0 Å². The van der Waals surface area contributed by atoms with Crippen LogP contribution < -0.4 is 0 Å². The van der Waals surface area contributed by atoms with Crippen molar-refractivity contribution >= 4 is 0 Å². The first kappa shape index (κ1) is 33.7. The molecule has 5 heteroatoms. The van der Waals surface area contributed by atoms with Crippen LogP contribution in [0.15, 0.2) is 0 Å². The van der Waals surface area contributed by atoms with Crippen molar-refractivity contribution < 1.29 is 42.9 Å². The number of rotatable bonds is 0. The summed E-state index contributed by atoms with van der Waals surface area (Å²) in [6, 6.07) is 0. The Bertz CT molecular complexity index is 17.3. The van der Waals surface area contributed by atoms with E-state index in [-0.39, 0.29) is 38.8 Å². The molecule has 0 unspecified atom stereocenters. The molecule has 0 spiro atoms. The summed E-state index contributed by atoms with van der Waals surface area (Å²) in [5.41, 5.74) is 0. The molecule has 0 aliphatic heterocycles. The fourth-order valence-electron chi connectivity index (χ4n) is 0. The van der Waals surface area contributed by atoms with Crippen LogP contribution in [0.5, 0.6) is 0 Å². The van der Waals surface area contributed by atoms with E-state index >= 15 is 0 Å². The van der Waals surface area contributed by atoms with Crippen LogP contribution in [0, 0.1) is 0 Å². The molecule has 0 atom stereocenters. The molecule has 0 radical (unpaired) electrons. The van der Waals surface area contributed by atoms with Gasteiger partial charge < -0.3 is 21.2 Å². The molecule has 0 aromatic heterocycles. The molecule has 0 aliphatic carbocycles. The molecule has 0 saturated carbocycles. The van der Waals surface area contributed by atoms with Gasteiger partial charge in [0.15, 0.2) is 0 Å². The van der Waals surface area contributed by atoms with Crippen LogP contribution >= 0.6 is 0 Å². The summed E-state index contributed by atoms with van der Waals surface area (Å²) in [6.07, 6.45) is -0.167. The van der Waals surface area contributed by atoms with Crippen molar-refractivity contribution in [2.24, 2.45) is 0 Å². The van der Waals surface area contributed by atoms with Crippen molar-refractivity contribution in [3.05, 3.63) is 0 Å². The topological polar surface area (TPSA) is 103 Å². The second kappa shape index (κ2) is 38.6. The van der Waals surface area contributed by atoms with Gasteiger partial charge in [0.25, 0.3) is 0 Å². The molecule has 0 saturated heterocycles. The van der Waals surface area contributed by atoms with E-state index < -0.39 is 0 Å². The van der Waals surface area contributed by atoms with E-state index in [1.165, 1.54) is 0 Å². The van der Waals surface area contributed by atoms with Crippen LogP contribution in [0.3, 0.4) is 0 Å². The van der Waals surface area contributed by atoms with Crippen LogP contribution in [0.1, 0.15) is 13.8 Å². The van der Waals surface area contributed by atoms with Gasteiger partial charge in [-0.15, -0.1) is 0 Å². The zero-order valence-electron chi connectivity index (χ0n) is 5.97. The Hall–Kier alpha value is 0.554. The summed E-state index contributed by atoms with van der Waals surface area (Å²) in [5.74, 6) is 0. The summed E-state index contributed by atoms with van der Waals surface area (Å²) < 4.78 is 0. The molecule has 9 heavy (non-hydrogen) atoms. The molecular weight excluding hydrogens is 160 g/mol. The van der Waals surface area contributed by atoms with Crippen LogP contribution in [0.4, 0.5) is 0 Å². The average molecular weight is 176 g/mol. The molecule has 0 bridgehead atoms. The van der Waals surface area contributed by atoms with Gasteiger partial charge >= 0.3 is 0 Å². The number of hydrogen-bond donors (Lipinski definition) is 2. The Morgan fingerprint density at radius 2 is 1.00 bits per heavy atom. The van der Waals surface area contributed by atoms with E-state index in [0.717, 1.165) is 7.11 Å². The van der Waals surface area contributed by atoms with E-state index in [9.17, 15) is 0 Å². The minimum absolute atomic E-state index is 0. The smallest absolute Gasteiger partial charge is 0.0483 e. The molecule has 0 rings (SSSR count). The standard InChI is InChI=1S/C3H8O.CH4O.2H2O.Ti/c1-3(2)4;1-2;;;/h3-4H,1-2H3;2H,1H3;2*1H2;. The second-order valence-electron chi connectivity index (χ2n) is 1.09. The van der Waals surface area contributed by atoms with Gasteiger partial charge in [-0.1, -0.05) is 0 Å². The Balaban J connectivity index is -0.00000000990. The van der Waals surface area contributed by atoms with Gasteiger partial charge in [-0.05, 0) is 13.8 Å². The first-order chi connectivity index (χ1) is 2.73. The van der Waals surface area contributed by atoms with E-state index in [1.807, 2.05) is 0 Å². The first-order valence-electron chi connectivity index (χ1n) is 1.86. The normalized spacial score (nSPS) is 4.67. The Morgan fingerprint density at radius 3 is 1.00 bits per heavy atom. The monoisotopic (exact) mass is 176 g/mol. The first-order valence-corrected chi connectivity index (χ1v) is 1.86. The molecule has 0 fully saturated rings. The van der Waals surface area contributed by atoms with Gasteiger partial charge in [0.1, 0.15) is 0 Å². The van der Waals surface area contributed by atoms with Gasteiger partial charge in [-0.25, -0.2) is 0 Å². The van der Waals surface area contributed by atoms with Gasteiger partial charge in [0.2, 0.25) is 0 Å². The van der Waals surface area contributed by atoms with E-state index in [1.54, 1.807) is 13.8 Å². The third kappa shape index (κ3) is 1200. The van der Waals surface area contributed by atoms with Crippen molar-refractivity contribution in [3.63, 3.8) is 0 Å². The van der Waals surface area contributed by atoms with Crippen LogP contribution in [-0.4, -0.2) is 34.4 Å². The molecule has 0 amide bonds. The van der Waals surface area contributed by atoms with Gasteiger partial charge in [-0.3, -0.25) is 0 Å². The number of aliphatic hydroxyl groups excluding tert-OH is 2. The largest absolute Gasteiger partial charge is 0.412 e. The number of hydrogen-bond acceptors (Lipinski definition) is 2. The zero-order chi connectivity index (χ0) is 5.58. The molecular formula is C4H16O4Ti. The number of aliphatic hydroxyl groups is 2. The summed E-state index contributed by atoms with van der Waals surface area (Å²) in [7, 11) is 1.00. The van der Waals surface area contributed by atoms with Crippen molar-refractivity contribution in [3.8, 4) is 0 Å². The summed E-state index contributed by atoms with van der Waals surface area (Å²) >= 11 is 0. The Morgan fingerprint density at radius 1 is 1.00 bits per heavy atom. The third-order valence-electron chi connectivity index (χ3n) is 0. The summed E-state index contributed by atoms with van der Waals surface area (Å²) in [4.78, 5) is 0. The minimum Gasteiger partial charge on any atom is -0.412 e. The molecule has 0 aromatic rings. The SMILES string of the molecule is CC(C)O.CO.O.O.[Ti]. The molecule has 4 nitrogen and oxygen atoms in total. The van der Waals surface area contributed by atoms with E-state index in [0.29, 0.717) is 0 Å². The van der Waals surface area contributed by atoms with Crippen molar-refractivity contribution in [2.75, 3.05) is 7.11 Å². The maximum absolute atomic E-state index is 8.06. The zero-order valence-corrected chi connectivity index (χ0v) is 7.53.